The number of hydrogen-bond acceptors (Lipinski definition) is 2. The van der Waals surface area contributed by atoms with E-state index in [4.69, 9.17) is 0 Å². The van der Waals surface area contributed by atoms with Gasteiger partial charge in [0.2, 0.25) is 0 Å². The van der Waals surface area contributed by atoms with Gasteiger partial charge in [0, 0.05) is 25.4 Å². The number of ketones is 1. The number of carbonyl (C=O) groups is 1. The van der Waals surface area contributed by atoms with E-state index in [2.05, 4.69) is 25.8 Å². The molecule has 0 amide bonds. The molecule has 15 heavy (non-hydrogen) atoms. The maximum absolute atomic E-state index is 11.5. The second-order valence-electron chi connectivity index (χ2n) is 6.05. The van der Waals surface area contributed by atoms with Crippen molar-refractivity contribution >= 4 is 5.78 Å². The average molecular weight is 209 g/mol. The maximum Gasteiger partial charge on any atom is 0.134 e. The lowest BCUT2D eigenvalue weighted by Gasteiger charge is -2.37. The first kappa shape index (κ1) is 11.1. The zero-order valence-corrected chi connectivity index (χ0v) is 10.3. The largest absolute Gasteiger partial charge is 0.302 e. The van der Waals surface area contributed by atoms with Crippen molar-refractivity contribution in [3.05, 3.63) is 0 Å². The fourth-order valence-corrected chi connectivity index (χ4v) is 2.80. The molecule has 0 heterocycles. The molecular weight excluding hydrogens is 186 g/mol. The molecule has 2 aliphatic rings. The van der Waals surface area contributed by atoms with Gasteiger partial charge in [-0.2, -0.15) is 0 Å². The molecule has 2 saturated carbocycles. The van der Waals surface area contributed by atoms with Crippen LogP contribution in [-0.2, 0) is 4.79 Å². The van der Waals surface area contributed by atoms with Gasteiger partial charge in [0.05, 0.1) is 0 Å². The van der Waals surface area contributed by atoms with Gasteiger partial charge in [-0.05, 0) is 37.6 Å². The van der Waals surface area contributed by atoms with Crippen LogP contribution in [0.3, 0.4) is 0 Å². The second kappa shape index (κ2) is 3.89. The van der Waals surface area contributed by atoms with Gasteiger partial charge in [-0.15, -0.1) is 0 Å². The van der Waals surface area contributed by atoms with E-state index in [9.17, 15) is 4.79 Å². The van der Waals surface area contributed by atoms with Crippen molar-refractivity contribution in [3.8, 4) is 0 Å². The van der Waals surface area contributed by atoms with Crippen molar-refractivity contribution in [2.24, 2.45) is 11.3 Å². The third kappa shape index (κ3) is 2.60. The summed E-state index contributed by atoms with van der Waals surface area (Å²) in [6.45, 7) is 5.83. The average Bonchev–Trinajstić information content (AvgIpc) is 2.87. The summed E-state index contributed by atoms with van der Waals surface area (Å²) in [7, 11) is 2.20. The third-order valence-electron chi connectivity index (χ3n) is 4.27. The van der Waals surface area contributed by atoms with Gasteiger partial charge in [0.25, 0.3) is 0 Å². The van der Waals surface area contributed by atoms with Crippen molar-refractivity contribution in [2.75, 3.05) is 13.6 Å². The van der Waals surface area contributed by atoms with E-state index in [0.29, 0.717) is 23.2 Å². The summed E-state index contributed by atoms with van der Waals surface area (Å²) in [5.41, 5.74) is 0.564. The van der Waals surface area contributed by atoms with Crippen LogP contribution in [0.2, 0.25) is 0 Å². The molecule has 0 aromatic heterocycles. The van der Waals surface area contributed by atoms with E-state index in [1.807, 2.05) is 0 Å². The van der Waals surface area contributed by atoms with E-state index in [1.54, 1.807) is 0 Å². The third-order valence-corrected chi connectivity index (χ3v) is 4.27. The maximum atomic E-state index is 11.5. The summed E-state index contributed by atoms with van der Waals surface area (Å²) in [6.07, 6.45) is 5.42. The summed E-state index contributed by atoms with van der Waals surface area (Å²) in [5.74, 6) is 1.15. The zero-order valence-electron chi connectivity index (χ0n) is 10.3. The SMILES string of the molecule is CC1CCC(=O)CC1N(C)CC1(C)CC1. The Balaban J connectivity index is 1.92. The molecule has 0 spiro atoms. The van der Waals surface area contributed by atoms with Crippen molar-refractivity contribution in [3.63, 3.8) is 0 Å². The first-order chi connectivity index (χ1) is 7.00. The lowest BCUT2D eigenvalue weighted by molar-refractivity contribution is -0.123. The summed E-state index contributed by atoms with van der Waals surface area (Å²) < 4.78 is 0. The molecule has 2 nitrogen and oxygen atoms in total. The van der Waals surface area contributed by atoms with E-state index >= 15 is 0 Å². The van der Waals surface area contributed by atoms with E-state index in [1.165, 1.54) is 19.4 Å². The topological polar surface area (TPSA) is 20.3 Å². The van der Waals surface area contributed by atoms with E-state index in [0.717, 1.165) is 19.3 Å². The highest BCUT2D eigenvalue weighted by Crippen LogP contribution is 2.46. The minimum absolute atomic E-state index is 0.464. The Morgan fingerprint density at radius 3 is 2.73 bits per heavy atom. The van der Waals surface area contributed by atoms with Crippen LogP contribution in [0.5, 0.6) is 0 Å². The van der Waals surface area contributed by atoms with Crippen LogP contribution in [0.25, 0.3) is 0 Å². The molecule has 0 N–H and O–H groups in total. The quantitative estimate of drug-likeness (QED) is 0.711. The van der Waals surface area contributed by atoms with Gasteiger partial charge in [0.1, 0.15) is 5.78 Å². The van der Waals surface area contributed by atoms with Gasteiger partial charge >= 0.3 is 0 Å². The summed E-state index contributed by atoms with van der Waals surface area (Å²) in [6, 6.07) is 0.503. The van der Waals surface area contributed by atoms with Crippen LogP contribution in [0, 0.1) is 11.3 Å². The number of carbonyl (C=O) groups excluding carboxylic acids is 1. The first-order valence-corrected chi connectivity index (χ1v) is 6.22. The molecule has 0 aromatic carbocycles. The van der Waals surface area contributed by atoms with E-state index < -0.39 is 0 Å². The zero-order chi connectivity index (χ0) is 11.1. The van der Waals surface area contributed by atoms with Crippen LogP contribution < -0.4 is 0 Å². The predicted molar refractivity (Wildman–Crippen MR) is 61.8 cm³/mol. The second-order valence-corrected chi connectivity index (χ2v) is 6.05. The van der Waals surface area contributed by atoms with Gasteiger partial charge in [-0.25, -0.2) is 0 Å². The lowest BCUT2D eigenvalue weighted by atomic mass is 9.84. The lowest BCUT2D eigenvalue weighted by Crippen LogP contribution is -2.43. The molecule has 2 rings (SSSR count). The van der Waals surface area contributed by atoms with Crippen molar-refractivity contribution < 1.29 is 4.79 Å². The van der Waals surface area contributed by atoms with Crippen LogP contribution in [0.4, 0.5) is 0 Å². The minimum atomic E-state index is 0.464. The van der Waals surface area contributed by atoms with Gasteiger partial charge in [-0.3, -0.25) is 4.79 Å². The van der Waals surface area contributed by atoms with Gasteiger partial charge in [-0.1, -0.05) is 13.8 Å². The van der Waals surface area contributed by atoms with Crippen molar-refractivity contribution in [1.29, 1.82) is 0 Å². The first-order valence-electron chi connectivity index (χ1n) is 6.22. The minimum Gasteiger partial charge on any atom is -0.302 e. The molecule has 2 fully saturated rings. The predicted octanol–water partition coefficient (Wildman–Crippen LogP) is 2.48. The Morgan fingerprint density at radius 2 is 2.13 bits per heavy atom. The van der Waals surface area contributed by atoms with Gasteiger partial charge < -0.3 is 4.90 Å². The summed E-state index contributed by atoms with van der Waals surface area (Å²) in [4.78, 5) is 13.9. The number of nitrogens with zero attached hydrogens (tertiary/aromatic N) is 1. The molecule has 0 radical (unpaired) electrons. The molecule has 2 aliphatic carbocycles. The van der Waals surface area contributed by atoms with Crippen molar-refractivity contribution in [1.82, 2.24) is 4.90 Å². The molecule has 0 aromatic rings. The normalized spacial score (nSPS) is 34.5. The molecule has 0 saturated heterocycles. The molecule has 2 atom stereocenters. The van der Waals surface area contributed by atoms with E-state index in [-0.39, 0.29) is 0 Å². The van der Waals surface area contributed by atoms with Crippen LogP contribution in [-0.4, -0.2) is 30.3 Å². The van der Waals surface area contributed by atoms with Crippen LogP contribution in [0.1, 0.15) is 46.0 Å². The highest BCUT2D eigenvalue weighted by molar-refractivity contribution is 5.79. The van der Waals surface area contributed by atoms with Crippen LogP contribution >= 0.6 is 0 Å². The number of Topliss-reactive ketones (excluding diaryl/α,β-unsaturated/α-hetero) is 1. The monoisotopic (exact) mass is 209 g/mol. The summed E-state index contributed by atoms with van der Waals surface area (Å²) in [5, 5.41) is 0. The van der Waals surface area contributed by atoms with Crippen molar-refractivity contribution in [2.45, 2.75) is 52.0 Å². The Morgan fingerprint density at radius 1 is 1.47 bits per heavy atom. The molecule has 2 heteroatoms. The Hall–Kier alpha value is -0.370. The Kier molecular flexibility index (Phi) is 2.89. The summed E-state index contributed by atoms with van der Waals surface area (Å²) >= 11 is 0. The standard InChI is InChI=1S/C13H23NO/c1-10-4-5-11(15)8-12(10)14(3)9-13(2)6-7-13/h10,12H,4-9H2,1-3H3. The fraction of sp³-hybridized carbons (Fsp3) is 0.923. The Labute approximate surface area is 93.0 Å². The highest BCUT2D eigenvalue weighted by Gasteiger charge is 2.40. The molecular formula is C13H23NO. The molecule has 0 aliphatic heterocycles. The molecule has 86 valence electrons. The molecule has 0 bridgehead atoms. The Bertz CT molecular complexity index is 257. The van der Waals surface area contributed by atoms with Gasteiger partial charge in [0.15, 0.2) is 0 Å². The van der Waals surface area contributed by atoms with Crippen LogP contribution in [0.15, 0.2) is 0 Å². The molecule has 2 unspecified atom stereocenters. The smallest absolute Gasteiger partial charge is 0.134 e. The number of hydrogen-bond donors (Lipinski definition) is 0. The fourth-order valence-electron chi connectivity index (χ4n) is 2.80. The highest BCUT2D eigenvalue weighted by atomic mass is 16.1. The number of rotatable bonds is 3.